The van der Waals surface area contributed by atoms with E-state index < -0.39 is 0 Å². The van der Waals surface area contributed by atoms with Gasteiger partial charge in [0, 0.05) is 14.7 Å². The minimum absolute atomic E-state index is 1.08. The van der Waals surface area contributed by atoms with Crippen molar-refractivity contribution < 1.29 is 0 Å². The van der Waals surface area contributed by atoms with E-state index in [1.54, 1.807) is 0 Å². The fourth-order valence-corrected chi connectivity index (χ4v) is 1.98. The Kier molecular flexibility index (Phi) is 3.21. The largest absolute Gasteiger partial charge is 0.142 e. The zero-order valence-electron chi connectivity index (χ0n) is 6.79. The summed E-state index contributed by atoms with van der Waals surface area (Å²) in [5.41, 5.74) is 0. The molecular weight excluding hydrogens is 172 g/mol. The molecular formula is C9H12S2. The van der Waals surface area contributed by atoms with Crippen molar-refractivity contribution in [3.05, 3.63) is 28.0 Å². The summed E-state index contributed by atoms with van der Waals surface area (Å²) in [7, 11) is 0. The zero-order chi connectivity index (χ0) is 8.27. The summed E-state index contributed by atoms with van der Waals surface area (Å²) in [6, 6.07) is 4.30. The fraction of sp³-hybridized carbons (Fsp3) is 0.333. The van der Waals surface area contributed by atoms with Crippen LogP contribution in [0.3, 0.4) is 0 Å². The molecule has 0 N–H and O–H groups in total. The highest BCUT2D eigenvalue weighted by Crippen LogP contribution is 2.26. The van der Waals surface area contributed by atoms with E-state index in [4.69, 9.17) is 0 Å². The summed E-state index contributed by atoms with van der Waals surface area (Å²) in [5.74, 6) is 0. The van der Waals surface area contributed by atoms with Crippen molar-refractivity contribution in [1.82, 2.24) is 0 Å². The first kappa shape index (κ1) is 8.88. The van der Waals surface area contributed by atoms with Crippen molar-refractivity contribution in [3.63, 3.8) is 0 Å². The number of hydrogen-bond acceptors (Lipinski definition) is 2. The summed E-state index contributed by atoms with van der Waals surface area (Å²) in [5, 5.41) is 0. The van der Waals surface area contributed by atoms with Gasteiger partial charge in [0.15, 0.2) is 0 Å². The Hall–Kier alpha value is -0.210. The second kappa shape index (κ2) is 3.98. The second-order valence-corrected chi connectivity index (χ2v) is 3.94. The first-order valence-electron chi connectivity index (χ1n) is 3.72. The van der Waals surface area contributed by atoms with Gasteiger partial charge in [0.25, 0.3) is 0 Å². The van der Waals surface area contributed by atoms with E-state index >= 15 is 0 Å². The Morgan fingerprint density at radius 1 is 1.64 bits per heavy atom. The lowest BCUT2D eigenvalue weighted by Crippen LogP contribution is -1.65. The van der Waals surface area contributed by atoms with Crippen LogP contribution in [-0.2, 0) is 6.42 Å². The molecule has 1 aromatic heterocycles. The molecule has 0 spiro atoms. The standard InChI is InChI=1S/C9H12S2/c1-3-7-5-6-9(11-7)8(10)4-2/h4-6,10H,3H2,1-2H3/b8-4-. The van der Waals surface area contributed by atoms with Crippen molar-refractivity contribution >= 4 is 28.9 Å². The summed E-state index contributed by atoms with van der Waals surface area (Å²) in [6.45, 7) is 4.18. The van der Waals surface area contributed by atoms with Crippen LogP contribution in [0.5, 0.6) is 0 Å². The van der Waals surface area contributed by atoms with Gasteiger partial charge in [0.05, 0.1) is 0 Å². The Labute approximate surface area is 77.4 Å². The third-order valence-corrected chi connectivity index (χ3v) is 3.45. The van der Waals surface area contributed by atoms with E-state index in [0.717, 1.165) is 11.3 Å². The molecule has 0 nitrogen and oxygen atoms in total. The number of hydrogen-bond donors (Lipinski definition) is 1. The molecule has 1 rings (SSSR count). The predicted octanol–water partition coefficient (Wildman–Crippen LogP) is 3.60. The van der Waals surface area contributed by atoms with Gasteiger partial charge in [-0.25, -0.2) is 0 Å². The van der Waals surface area contributed by atoms with Gasteiger partial charge in [-0.15, -0.1) is 24.0 Å². The van der Waals surface area contributed by atoms with Gasteiger partial charge in [-0.05, 0) is 25.5 Å². The Balaban J connectivity index is 2.89. The van der Waals surface area contributed by atoms with Crippen LogP contribution < -0.4 is 0 Å². The monoisotopic (exact) mass is 184 g/mol. The molecule has 1 heterocycles. The number of allylic oxidation sites excluding steroid dienone is 1. The number of rotatable bonds is 2. The molecule has 1 aromatic rings. The van der Waals surface area contributed by atoms with E-state index in [-0.39, 0.29) is 0 Å². The van der Waals surface area contributed by atoms with Gasteiger partial charge < -0.3 is 0 Å². The van der Waals surface area contributed by atoms with E-state index in [2.05, 4.69) is 31.7 Å². The minimum Gasteiger partial charge on any atom is -0.142 e. The molecule has 0 radical (unpaired) electrons. The summed E-state index contributed by atoms with van der Waals surface area (Å²) in [6.07, 6.45) is 3.14. The Morgan fingerprint density at radius 2 is 2.36 bits per heavy atom. The molecule has 2 heteroatoms. The number of thiol groups is 1. The van der Waals surface area contributed by atoms with Crippen LogP contribution in [-0.4, -0.2) is 0 Å². The number of aryl methyl sites for hydroxylation is 1. The summed E-state index contributed by atoms with van der Waals surface area (Å²) >= 11 is 6.16. The SMILES string of the molecule is C/C=C(\S)c1ccc(CC)s1. The zero-order valence-corrected chi connectivity index (χ0v) is 8.51. The smallest absolute Gasteiger partial charge is 0.0403 e. The van der Waals surface area contributed by atoms with Gasteiger partial charge in [-0.2, -0.15) is 0 Å². The first-order valence-corrected chi connectivity index (χ1v) is 4.98. The summed E-state index contributed by atoms with van der Waals surface area (Å²) < 4.78 is 0. The van der Waals surface area contributed by atoms with Crippen LogP contribution in [0.4, 0.5) is 0 Å². The molecule has 0 aliphatic rings. The van der Waals surface area contributed by atoms with Crippen molar-refractivity contribution in [2.24, 2.45) is 0 Å². The average molecular weight is 184 g/mol. The van der Waals surface area contributed by atoms with Crippen LogP contribution in [0.25, 0.3) is 4.91 Å². The molecule has 0 bridgehead atoms. The highest BCUT2D eigenvalue weighted by atomic mass is 32.1. The highest BCUT2D eigenvalue weighted by Gasteiger charge is 1.98. The fourth-order valence-electron chi connectivity index (χ4n) is 0.848. The van der Waals surface area contributed by atoms with Crippen LogP contribution in [0.1, 0.15) is 23.6 Å². The van der Waals surface area contributed by atoms with Crippen molar-refractivity contribution in [2.45, 2.75) is 20.3 Å². The minimum atomic E-state index is 1.08. The van der Waals surface area contributed by atoms with Crippen LogP contribution in [0, 0.1) is 0 Å². The van der Waals surface area contributed by atoms with Crippen LogP contribution in [0.15, 0.2) is 18.2 Å². The molecule has 0 aliphatic heterocycles. The lowest BCUT2D eigenvalue weighted by atomic mass is 10.3. The Bertz CT molecular complexity index is 258. The molecule has 0 atom stereocenters. The Morgan fingerprint density at radius 3 is 2.82 bits per heavy atom. The maximum absolute atomic E-state index is 4.34. The third kappa shape index (κ3) is 2.11. The van der Waals surface area contributed by atoms with E-state index in [9.17, 15) is 0 Å². The van der Waals surface area contributed by atoms with Gasteiger partial charge in [-0.1, -0.05) is 13.0 Å². The average Bonchev–Trinajstić information content (AvgIpc) is 2.50. The molecule has 0 amide bonds. The highest BCUT2D eigenvalue weighted by molar-refractivity contribution is 7.90. The van der Waals surface area contributed by atoms with Crippen molar-refractivity contribution in [1.29, 1.82) is 0 Å². The predicted molar refractivity (Wildman–Crippen MR) is 56.3 cm³/mol. The third-order valence-electron chi connectivity index (χ3n) is 1.54. The maximum atomic E-state index is 4.34. The van der Waals surface area contributed by atoms with Crippen LogP contribution >= 0.6 is 24.0 Å². The molecule has 60 valence electrons. The maximum Gasteiger partial charge on any atom is 0.0403 e. The topological polar surface area (TPSA) is 0 Å². The second-order valence-electron chi connectivity index (χ2n) is 2.29. The molecule has 0 saturated heterocycles. The lowest BCUT2D eigenvalue weighted by Gasteiger charge is -1.91. The van der Waals surface area contributed by atoms with E-state index in [1.165, 1.54) is 9.75 Å². The molecule has 0 aliphatic carbocycles. The molecule has 0 saturated carbocycles. The normalized spacial score (nSPS) is 12.1. The molecule has 0 aromatic carbocycles. The first-order chi connectivity index (χ1) is 5.27. The van der Waals surface area contributed by atoms with E-state index in [0.29, 0.717) is 0 Å². The molecule has 0 fully saturated rings. The molecule has 11 heavy (non-hydrogen) atoms. The van der Waals surface area contributed by atoms with E-state index in [1.807, 2.05) is 24.3 Å². The molecule has 0 unspecified atom stereocenters. The number of thiophene rings is 1. The lowest BCUT2D eigenvalue weighted by molar-refractivity contribution is 1.19. The van der Waals surface area contributed by atoms with Crippen molar-refractivity contribution in [3.8, 4) is 0 Å². The van der Waals surface area contributed by atoms with Gasteiger partial charge >= 0.3 is 0 Å². The van der Waals surface area contributed by atoms with Gasteiger partial charge in [0.2, 0.25) is 0 Å². The van der Waals surface area contributed by atoms with Gasteiger partial charge in [0.1, 0.15) is 0 Å². The summed E-state index contributed by atoms with van der Waals surface area (Å²) in [4.78, 5) is 3.77. The van der Waals surface area contributed by atoms with Crippen molar-refractivity contribution in [2.75, 3.05) is 0 Å². The van der Waals surface area contributed by atoms with Crippen LogP contribution in [0.2, 0.25) is 0 Å². The quantitative estimate of drug-likeness (QED) is 0.667. The van der Waals surface area contributed by atoms with Gasteiger partial charge in [-0.3, -0.25) is 0 Å².